The normalized spacial score (nSPS) is 12.6. The molecule has 0 amide bonds. The van der Waals surface area contributed by atoms with Crippen LogP contribution in [0.1, 0.15) is 17.5 Å². The number of nitrogens with two attached hydrogens (primary N) is 1. The Bertz CT molecular complexity index is 524. The molecule has 102 valence electrons. The van der Waals surface area contributed by atoms with Crippen molar-refractivity contribution < 1.29 is 4.39 Å². The van der Waals surface area contributed by atoms with E-state index in [2.05, 4.69) is 10.5 Å². The fourth-order valence-electron chi connectivity index (χ4n) is 2.12. The molecule has 1 unspecified atom stereocenters. The number of nitrogens with zero attached hydrogens (tertiary/aromatic N) is 2. The molecule has 3 N–H and O–H groups in total. The highest BCUT2D eigenvalue weighted by molar-refractivity contribution is 5.18. The zero-order valence-corrected chi connectivity index (χ0v) is 11.0. The van der Waals surface area contributed by atoms with Crippen LogP contribution in [0.3, 0.4) is 0 Å². The maximum absolute atomic E-state index is 13.6. The Morgan fingerprint density at radius 3 is 2.84 bits per heavy atom. The van der Waals surface area contributed by atoms with Crippen molar-refractivity contribution >= 4 is 0 Å². The Hall–Kier alpha value is -1.72. The minimum Gasteiger partial charge on any atom is -0.276 e. The van der Waals surface area contributed by atoms with E-state index in [1.807, 2.05) is 25.5 Å². The molecule has 1 aromatic heterocycles. The van der Waals surface area contributed by atoms with Crippen molar-refractivity contribution in [3.8, 4) is 0 Å². The number of rotatable bonds is 6. The van der Waals surface area contributed by atoms with Gasteiger partial charge < -0.3 is 0 Å². The van der Waals surface area contributed by atoms with Gasteiger partial charge in [0.1, 0.15) is 5.82 Å². The topological polar surface area (TPSA) is 55.9 Å². The van der Waals surface area contributed by atoms with Gasteiger partial charge in [0, 0.05) is 19.3 Å². The van der Waals surface area contributed by atoms with E-state index in [1.54, 1.807) is 16.8 Å². The molecule has 2 rings (SSSR count). The molecule has 0 aliphatic heterocycles. The fraction of sp³-hybridized carbons (Fsp3) is 0.357. The lowest BCUT2D eigenvalue weighted by Crippen LogP contribution is -2.37. The third-order valence-electron chi connectivity index (χ3n) is 3.20. The Labute approximate surface area is 112 Å². The molecule has 1 heterocycles. The summed E-state index contributed by atoms with van der Waals surface area (Å²) in [5.74, 6) is 5.37. The third-order valence-corrected chi connectivity index (χ3v) is 3.20. The van der Waals surface area contributed by atoms with Crippen LogP contribution in [0.4, 0.5) is 4.39 Å². The number of halogens is 1. The molecule has 2 aromatic rings. The average Bonchev–Trinajstić information content (AvgIpc) is 2.82. The van der Waals surface area contributed by atoms with Gasteiger partial charge in [0.25, 0.3) is 0 Å². The number of nitrogens with one attached hydrogen (secondary N) is 1. The molecule has 0 aliphatic carbocycles. The summed E-state index contributed by atoms with van der Waals surface area (Å²) < 4.78 is 15.3. The van der Waals surface area contributed by atoms with Crippen molar-refractivity contribution in [2.75, 3.05) is 0 Å². The molecule has 5 heteroatoms. The smallest absolute Gasteiger partial charge is 0.126 e. The Morgan fingerprint density at radius 2 is 2.21 bits per heavy atom. The lowest BCUT2D eigenvalue weighted by Gasteiger charge is -2.15. The lowest BCUT2D eigenvalue weighted by molar-refractivity contribution is 0.480. The van der Waals surface area contributed by atoms with Gasteiger partial charge in [-0.05, 0) is 36.5 Å². The predicted molar refractivity (Wildman–Crippen MR) is 72.7 cm³/mol. The number of hydrazine groups is 1. The monoisotopic (exact) mass is 262 g/mol. The summed E-state index contributed by atoms with van der Waals surface area (Å²) in [4.78, 5) is 0. The van der Waals surface area contributed by atoms with Crippen LogP contribution in [0.15, 0.2) is 36.7 Å². The molecule has 0 aliphatic rings. The SMILES string of the molecule is Cn1cc(CCC(Cc2ccccc2F)NN)cn1. The second kappa shape index (κ2) is 6.45. The fourth-order valence-corrected chi connectivity index (χ4v) is 2.12. The summed E-state index contributed by atoms with van der Waals surface area (Å²) in [7, 11) is 1.89. The number of hydrogen-bond donors (Lipinski definition) is 2. The quantitative estimate of drug-likeness (QED) is 0.613. The van der Waals surface area contributed by atoms with E-state index >= 15 is 0 Å². The molecule has 0 saturated carbocycles. The third kappa shape index (κ3) is 3.87. The van der Waals surface area contributed by atoms with Crippen molar-refractivity contribution in [1.82, 2.24) is 15.2 Å². The van der Waals surface area contributed by atoms with Gasteiger partial charge in [0.05, 0.1) is 6.20 Å². The molecule has 19 heavy (non-hydrogen) atoms. The summed E-state index contributed by atoms with van der Waals surface area (Å²) in [5.41, 5.74) is 4.62. The van der Waals surface area contributed by atoms with Gasteiger partial charge in [-0.25, -0.2) is 4.39 Å². The van der Waals surface area contributed by atoms with Gasteiger partial charge >= 0.3 is 0 Å². The van der Waals surface area contributed by atoms with Crippen molar-refractivity contribution in [2.24, 2.45) is 12.9 Å². The van der Waals surface area contributed by atoms with E-state index in [0.717, 1.165) is 18.4 Å². The Kier molecular flexibility index (Phi) is 4.65. The van der Waals surface area contributed by atoms with Crippen LogP contribution in [-0.2, 0) is 19.9 Å². The number of hydrogen-bond acceptors (Lipinski definition) is 3. The second-order valence-electron chi connectivity index (χ2n) is 4.72. The van der Waals surface area contributed by atoms with Crippen LogP contribution in [0.2, 0.25) is 0 Å². The first-order chi connectivity index (χ1) is 9.19. The first-order valence-electron chi connectivity index (χ1n) is 6.36. The number of aromatic nitrogens is 2. The van der Waals surface area contributed by atoms with Crippen LogP contribution in [-0.4, -0.2) is 15.8 Å². The van der Waals surface area contributed by atoms with Crippen molar-refractivity contribution in [3.63, 3.8) is 0 Å². The molecule has 1 aromatic carbocycles. The number of aryl methyl sites for hydroxylation is 2. The summed E-state index contributed by atoms with van der Waals surface area (Å²) in [6, 6.07) is 6.86. The van der Waals surface area contributed by atoms with Gasteiger partial charge in [-0.15, -0.1) is 0 Å². The molecule has 0 radical (unpaired) electrons. The van der Waals surface area contributed by atoms with Crippen LogP contribution in [0.5, 0.6) is 0 Å². The van der Waals surface area contributed by atoms with E-state index in [-0.39, 0.29) is 11.9 Å². The van der Waals surface area contributed by atoms with Gasteiger partial charge in [-0.1, -0.05) is 18.2 Å². The lowest BCUT2D eigenvalue weighted by atomic mass is 10.0. The minimum atomic E-state index is -0.177. The molecule has 4 nitrogen and oxygen atoms in total. The Balaban J connectivity index is 1.92. The van der Waals surface area contributed by atoms with E-state index < -0.39 is 0 Å². The maximum atomic E-state index is 13.6. The maximum Gasteiger partial charge on any atom is 0.126 e. The van der Waals surface area contributed by atoms with Gasteiger partial charge in [-0.3, -0.25) is 16.0 Å². The van der Waals surface area contributed by atoms with E-state index in [0.29, 0.717) is 12.0 Å². The van der Waals surface area contributed by atoms with Crippen molar-refractivity contribution in [2.45, 2.75) is 25.3 Å². The van der Waals surface area contributed by atoms with E-state index in [1.165, 1.54) is 6.07 Å². The minimum absolute atomic E-state index is 0.0529. The molecular weight excluding hydrogens is 243 g/mol. The van der Waals surface area contributed by atoms with Gasteiger partial charge in [-0.2, -0.15) is 5.10 Å². The van der Waals surface area contributed by atoms with Gasteiger partial charge in [0.15, 0.2) is 0 Å². The molecule has 0 saturated heterocycles. The summed E-state index contributed by atoms with van der Waals surface area (Å²) in [5, 5.41) is 4.12. The van der Waals surface area contributed by atoms with E-state index in [9.17, 15) is 4.39 Å². The standard InChI is InChI=1S/C14H19FN4/c1-19-10-11(9-17-19)6-7-13(18-16)8-12-4-2-3-5-14(12)15/h2-5,9-10,13,18H,6-8,16H2,1H3. The highest BCUT2D eigenvalue weighted by atomic mass is 19.1. The van der Waals surface area contributed by atoms with Crippen LogP contribution in [0.25, 0.3) is 0 Å². The molecular formula is C14H19FN4. The van der Waals surface area contributed by atoms with Gasteiger partial charge in [0.2, 0.25) is 0 Å². The van der Waals surface area contributed by atoms with Crippen LogP contribution in [0, 0.1) is 5.82 Å². The molecule has 0 fully saturated rings. The highest BCUT2D eigenvalue weighted by Crippen LogP contribution is 2.12. The summed E-state index contributed by atoms with van der Waals surface area (Å²) in [6.07, 6.45) is 6.13. The van der Waals surface area contributed by atoms with Crippen molar-refractivity contribution in [1.29, 1.82) is 0 Å². The van der Waals surface area contributed by atoms with Crippen molar-refractivity contribution in [3.05, 3.63) is 53.6 Å². The molecule has 0 spiro atoms. The molecule has 0 bridgehead atoms. The summed E-state index contributed by atoms with van der Waals surface area (Å²) >= 11 is 0. The number of benzene rings is 1. The van der Waals surface area contributed by atoms with E-state index in [4.69, 9.17) is 5.84 Å². The predicted octanol–water partition coefficient (Wildman–Crippen LogP) is 1.57. The zero-order chi connectivity index (χ0) is 13.7. The Morgan fingerprint density at radius 1 is 1.42 bits per heavy atom. The zero-order valence-electron chi connectivity index (χ0n) is 11.0. The molecule has 1 atom stereocenters. The first-order valence-corrected chi connectivity index (χ1v) is 6.36. The van der Waals surface area contributed by atoms with Crippen LogP contribution >= 0.6 is 0 Å². The second-order valence-corrected chi connectivity index (χ2v) is 4.72. The average molecular weight is 262 g/mol. The van der Waals surface area contributed by atoms with Crippen LogP contribution < -0.4 is 11.3 Å². The largest absolute Gasteiger partial charge is 0.276 e. The summed E-state index contributed by atoms with van der Waals surface area (Å²) in [6.45, 7) is 0. The first kappa shape index (κ1) is 13.7. The highest BCUT2D eigenvalue weighted by Gasteiger charge is 2.11.